The van der Waals surface area contributed by atoms with E-state index in [0.717, 1.165) is 14.5 Å². The second kappa shape index (κ2) is 6.15. The number of fused-ring (bicyclic) bond motifs is 1. The first kappa shape index (κ1) is 15.1. The van der Waals surface area contributed by atoms with Gasteiger partial charge in [-0.2, -0.15) is 0 Å². The van der Waals surface area contributed by atoms with Crippen LogP contribution in [0.2, 0.25) is 0 Å². The van der Waals surface area contributed by atoms with Crippen LogP contribution in [0.15, 0.2) is 45.6 Å². The van der Waals surface area contributed by atoms with E-state index in [0.29, 0.717) is 11.3 Å². The molecular formula is C14H10Br2N4O2. The van der Waals surface area contributed by atoms with Crippen molar-refractivity contribution in [2.24, 2.45) is 0 Å². The van der Waals surface area contributed by atoms with Gasteiger partial charge in [-0.05, 0) is 40.2 Å². The first-order valence-electron chi connectivity index (χ1n) is 6.32. The van der Waals surface area contributed by atoms with Crippen LogP contribution in [-0.2, 0) is 4.79 Å². The van der Waals surface area contributed by atoms with Crippen molar-refractivity contribution >= 4 is 49.4 Å². The van der Waals surface area contributed by atoms with Crippen molar-refractivity contribution < 1.29 is 9.59 Å². The summed E-state index contributed by atoms with van der Waals surface area (Å²) in [4.78, 5) is 27.9. The molecule has 6 nitrogen and oxygen atoms in total. The highest BCUT2D eigenvalue weighted by Crippen LogP contribution is 2.38. The van der Waals surface area contributed by atoms with Gasteiger partial charge >= 0.3 is 0 Å². The molecule has 0 saturated heterocycles. The topological polar surface area (TPSA) is 83.1 Å². The number of hydrazine groups is 1. The van der Waals surface area contributed by atoms with Gasteiger partial charge in [0.05, 0.1) is 11.3 Å². The van der Waals surface area contributed by atoms with Crippen LogP contribution in [0.3, 0.4) is 0 Å². The Balaban J connectivity index is 1.77. The van der Waals surface area contributed by atoms with E-state index in [4.69, 9.17) is 0 Å². The fraction of sp³-hybridized carbons (Fsp3) is 0.0714. The van der Waals surface area contributed by atoms with E-state index in [-0.39, 0.29) is 11.8 Å². The van der Waals surface area contributed by atoms with Gasteiger partial charge in [0.25, 0.3) is 5.91 Å². The van der Waals surface area contributed by atoms with Crippen LogP contribution >= 0.6 is 31.9 Å². The Hall–Kier alpha value is -1.77. The smallest absolute Gasteiger partial charge is 0.266 e. The van der Waals surface area contributed by atoms with Gasteiger partial charge in [-0.25, -0.2) is 5.43 Å². The summed E-state index contributed by atoms with van der Waals surface area (Å²) >= 11 is 6.79. The zero-order valence-electron chi connectivity index (χ0n) is 11.1. The number of hydrogen-bond donors (Lipinski definition) is 3. The molecular weight excluding hydrogens is 416 g/mol. The monoisotopic (exact) mass is 424 g/mol. The summed E-state index contributed by atoms with van der Waals surface area (Å²) in [6.07, 6.45) is 3.03. The highest BCUT2D eigenvalue weighted by Gasteiger charge is 2.32. The molecule has 0 radical (unpaired) electrons. The SMILES string of the molecule is O=C(NNC1C(=O)Nc2c(Br)cc(Br)cc21)c1cccnc1. The Labute approximate surface area is 142 Å². The van der Waals surface area contributed by atoms with E-state index >= 15 is 0 Å². The number of carbonyl (C=O) groups is 2. The lowest BCUT2D eigenvalue weighted by atomic mass is 10.1. The number of anilines is 1. The number of rotatable bonds is 3. The molecule has 112 valence electrons. The van der Waals surface area contributed by atoms with E-state index in [9.17, 15) is 9.59 Å². The number of carbonyl (C=O) groups excluding carboxylic acids is 2. The summed E-state index contributed by atoms with van der Waals surface area (Å²) in [5.41, 5.74) is 7.14. The van der Waals surface area contributed by atoms with E-state index < -0.39 is 6.04 Å². The fourth-order valence-corrected chi connectivity index (χ4v) is 3.50. The number of amides is 2. The number of hydrogen-bond acceptors (Lipinski definition) is 4. The molecule has 0 spiro atoms. The zero-order valence-corrected chi connectivity index (χ0v) is 14.2. The molecule has 2 heterocycles. The van der Waals surface area contributed by atoms with E-state index in [1.54, 1.807) is 18.3 Å². The molecule has 1 aromatic carbocycles. The molecule has 2 aromatic rings. The molecule has 1 aliphatic heterocycles. The van der Waals surface area contributed by atoms with Crippen molar-refractivity contribution in [2.75, 3.05) is 5.32 Å². The fourth-order valence-electron chi connectivity index (χ4n) is 2.14. The second-order valence-corrected chi connectivity index (χ2v) is 6.38. The van der Waals surface area contributed by atoms with Crippen molar-refractivity contribution in [3.05, 3.63) is 56.7 Å². The average Bonchev–Trinajstić information content (AvgIpc) is 2.82. The molecule has 2 amide bonds. The van der Waals surface area contributed by atoms with Gasteiger partial charge in [0.2, 0.25) is 5.91 Å². The third-order valence-electron chi connectivity index (χ3n) is 3.16. The standard InChI is InChI=1S/C14H10Br2N4O2/c15-8-4-9-11(10(16)5-8)18-14(22)12(9)19-20-13(21)7-2-1-3-17-6-7/h1-6,12,19H,(H,18,22)(H,20,21). The summed E-state index contributed by atoms with van der Waals surface area (Å²) in [5, 5.41) is 2.77. The molecule has 3 rings (SSSR count). The lowest BCUT2D eigenvalue weighted by Crippen LogP contribution is -2.42. The predicted molar refractivity (Wildman–Crippen MR) is 88.1 cm³/mol. The van der Waals surface area contributed by atoms with Crippen molar-refractivity contribution in [1.82, 2.24) is 15.8 Å². The zero-order chi connectivity index (χ0) is 15.7. The second-order valence-electron chi connectivity index (χ2n) is 4.61. The Bertz CT molecular complexity index is 752. The van der Waals surface area contributed by atoms with Gasteiger partial charge in [0.1, 0.15) is 6.04 Å². The summed E-state index contributed by atoms with van der Waals surface area (Å²) in [5.74, 6) is -0.594. The van der Waals surface area contributed by atoms with Crippen LogP contribution in [0.25, 0.3) is 0 Å². The lowest BCUT2D eigenvalue weighted by Gasteiger charge is -2.13. The summed E-state index contributed by atoms with van der Waals surface area (Å²) in [6, 6.07) is 6.31. The van der Waals surface area contributed by atoms with Crippen molar-refractivity contribution in [3.63, 3.8) is 0 Å². The van der Waals surface area contributed by atoms with Crippen molar-refractivity contribution in [3.8, 4) is 0 Å². The molecule has 1 aromatic heterocycles. The number of nitrogens with one attached hydrogen (secondary N) is 3. The van der Waals surface area contributed by atoms with Crippen LogP contribution in [0.4, 0.5) is 5.69 Å². The number of nitrogens with zero attached hydrogens (tertiary/aromatic N) is 1. The predicted octanol–water partition coefficient (Wildman–Crippen LogP) is 2.53. The Morgan fingerprint density at radius 1 is 1.32 bits per heavy atom. The van der Waals surface area contributed by atoms with Crippen molar-refractivity contribution in [2.45, 2.75) is 6.04 Å². The van der Waals surface area contributed by atoms with Crippen LogP contribution in [-0.4, -0.2) is 16.8 Å². The van der Waals surface area contributed by atoms with Crippen LogP contribution in [0, 0.1) is 0 Å². The molecule has 8 heteroatoms. The largest absolute Gasteiger partial charge is 0.323 e. The molecule has 0 saturated carbocycles. The number of aromatic nitrogens is 1. The molecule has 22 heavy (non-hydrogen) atoms. The maximum Gasteiger partial charge on any atom is 0.266 e. The Morgan fingerprint density at radius 3 is 2.86 bits per heavy atom. The highest BCUT2D eigenvalue weighted by atomic mass is 79.9. The number of benzene rings is 1. The van der Waals surface area contributed by atoms with Crippen molar-refractivity contribution in [1.29, 1.82) is 0 Å². The van der Waals surface area contributed by atoms with Crippen LogP contribution in [0.5, 0.6) is 0 Å². The van der Waals surface area contributed by atoms with Gasteiger partial charge in [-0.15, -0.1) is 0 Å². The molecule has 1 unspecified atom stereocenters. The molecule has 0 aliphatic carbocycles. The maximum absolute atomic E-state index is 12.1. The van der Waals surface area contributed by atoms with Gasteiger partial charge in [-0.3, -0.25) is 20.0 Å². The van der Waals surface area contributed by atoms with E-state index in [2.05, 4.69) is 53.0 Å². The highest BCUT2D eigenvalue weighted by molar-refractivity contribution is 9.11. The number of pyridine rings is 1. The van der Waals surface area contributed by atoms with Gasteiger partial charge < -0.3 is 5.32 Å². The third kappa shape index (κ3) is 2.90. The minimum atomic E-state index is -0.663. The third-order valence-corrected chi connectivity index (χ3v) is 4.24. The van der Waals surface area contributed by atoms with Gasteiger partial charge in [0.15, 0.2) is 0 Å². The molecule has 0 bridgehead atoms. The minimum absolute atomic E-state index is 0.236. The molecule has 1 atom stereocenters. The molecule has 0 fully saturated rings. The Kier molecular flexibility index (Phi) is 4.23. The van der Waals surface area contributed by atoms with E-state index in [1.165, 1.54) is 6.20 Å². The van der Waals surface area contributed by atoms with Gasteiger partial charge in [0, 0.05) is 26.9 Å². The average molecular weight is 426 g/mol. The summed E-state index contributed by atoms with van der Waals surface area (Å²) < 4.78 is 1.60. The quantitative estimate of drug-likeness (QED) is 0.660. The minimum Gasteiger partial charge on any atom is -0.323 e. The maximum atomic E-state index is 12.1. The Morgan fingerprint density at radius 2 is 2.14 bits per heavy atom. The number of halogens is 2. The van der Waals surface area contributed by atoms with E-state index in [1.807, 2.05) is 12.1 Å². The van der Waals surface area contributed by atoms with Crippen LogP contribution in [0.1, 0.15) is 22.0 Å². The lowest BCUT2D eigenvalue weighted by molar-refractivity contribution is -0.117. The first-order chi connectivity index (χ1) is 10.6. The molecule has 3 N–H and O–H groups in total. The summed E-state index contributed by atoms with van der Waals surface area (Å²) in [6.45, 7) is 0. The normalized spacial score (nSPS) is 16.1. The van der Waals surface area contributed by atoms with Gasteiger partial charge in [-0.1, -0.05) is 15.9 Å². The summed E-state index contributed by atoms with van der Waals surface area (Å²) in [7, 11) is 0. The first-order valence-corrected chi connectivity index (χ1v) is 7.90. The molecule has 1 aliphatic rings. The van der Waals surface area contributed by atoms with Crippen LogP contribution < -0.4 is 16.2 Å².